The molecular formula is C24H25N3O2. The molecule has 29 heavy (non-hydrogen) atoms. The molecule has 3 aromatic rings. The lowest BCUT2D eigenvalue weighted by atomic mass is 10.1. The first kappa shape index (κ1) is 20.1. The van der Waals surface area contributed by atoms with Crippen molar-refractivity contribution in [2.75, 3.05) is 24.3 Å². The van der Waals surface area contributed by atoms with E-state index in [1.807, 2.05) is 86.6 Å². The number of anilines is 2. The maximum absolute atomic E-state index is 12.2. The molecule has 0 aliphatic rings. The van der Waals surface area contributed by atoms with Gasteiger partial charge in [0.25, 0.3) is 0 Å². The molecule has 0 unspecified atom stereocenters. The number of aryl methyl sites for hydroxylation is 1. The summed E-state index contributed by atoms with van der Waals surface area (Å²) in [6.45, 7) is 2.40. The van der Waals surface area contributed by atoms with E-state index in [1.165, 1.54) is 6.08 Å². The second kappa shape index (κ2) is 9.55. The van der Waals surface area contributed by atoms with Crippen LogP contribution >= 0.6 is 0 Å². The summed E-state index contributed by atoms with van der Waals surface area (Å²) >= 11 is 0. The van der Waals surface area contributed by atoms with Gasteiger partial charge in [-0.15, -0.1) is 0 Å². The number of carbonyl (C=O) groups excluding carboxylic acids is 1. The van der Waals surface area contributed by atoms with E-state index >= 15 is 0 Å². The van der Waals surface area contributed by atoms with E-state index in [1.54, 1.807) is 12.3 Å². The van der Waals surface area contributed by atoms with Crippen LogP contribution in [-0.2, 0) is 11.4 Å². The van der Waals surface area contributed by atoms with Gasteiger partial charge in [-0.2, -0.15) is 0 Å². The molecule has 0 saturated heterocycles. The van der Waals surface area contributed by atoms with Crippen LogP contribution in [0.25, 0.3) is 6.08 Å². The Kier molecular flexibility index (Phi) is 6.63. The number of hydrogen-bond donors (Lipinski definition) is 1. The molecule has 1 heterocycles. The van der Waals surface area contributed by atoms with Gasteiger partial charge < -0.3 is 15.0 Å². The Hall–Kier alpha value is -3.60. The smallest absolute Gasteiger partial charge is 0.248 e. The topological polar surface area (TPSA) is 54.5 Å². The highest BCUT2D eigenvalue weighted by molar-refractivity contribution is 6.02. The van der Waals surface area contributed by atoms with E-state index < -0.39 is 0 Å². The van der Waals surface area contributed by atoms with Crippen LogP contribution in [0.2, 0.25) is 0 Å². The number of hydrogen-bond acceptors (Lipinski definition) is 4. The summed E-state index contributed by atoms with van der Waals surface area (Å²) in [5, 5.41) is 2.92. The number of benzene rings is 2. The number of nitrogens with zero attached hydrogens (tertiary/aromatic N) is 2. The van der Waals surface area contributed by atoms with Crippen molar-refractivity contribution in [1.82, 2.24) is 4.98 Å². The van der Waals surface area contributed by atoms with Crippen LogP contribution in [0.4, 0.5) is 11.4 Å². The Bertz CT molecular complexity index is 981. The lowest BCUT2D eigenvalue weighted by Gasteiger charge is -2.15. The van der Waals surface area contributed by atoms with Crippen LogP contribution in [-0.4, -0.2) is 25.0 Å². The molecule has 0 bridgehead atoms. The quantitative estimate of drug-likeness (QED) is 0.598. The van der Waals surface area contributed by atoms with Gasteiger partial charge in [0, 0.05) is 37.7 Å². The van der Waals surface area contributed by atoms with E-state index in [4.69, 9.17) is 4.74 Å². The lowest BCUT2D eigenvalue weighted by molar-refractivity contribution is -0.111. The monoisotopic (exact) mass is 387 g/mol. The van der Waals surface area contributed by atoms with Crippen molar-refractivity contribution >= 4 is 23.4 Å². The van der Waals surface area contributed by atoms with Gasteiger partial charge in [-0.3, -0.25) is 9.78 Å². The molecule has 0 fully saturated rings. The number of ether oxygens (including phenoxy) is 1. The Balaban J connectivity index is 1.54. The first-order valence-electron chi connectivity index (χ1n) is 9.41. The summed E-state index contributed by atoms with van der Waals surface area (Å²) in [6, 6.07) is 19.3. The molecule has 0 aliphatic heterocycles. The fraction of sp³-hybridized carbons (Fsp3) is 0.167. The third-order valence-corrected chi connectivity index (χ3v) is 4.40. The SMILES string of the molecule is Cc1cc(N(C)C)ccc1NC(=O)/C=C/c1ccc(OCc2ccccn2)cc1. The normalized spacial score (nSPS) is 10.7. The van der Waals surface area contributed by atoms with Crippen LogP contribution in [0.5, 0.6) is 5.75 Å². The number of nitrogens with one attached hydrogen (secondary N) is 1. The van der Waals surface area contributed by atoms with Gasteiger partial charge in [0.1, 0.15) is 12.4 Å². The average molecular weight is 387 g/mol. The van der Waals surface area contributed by atoms with Gasteiger partial charge in [0.05, 0.1) is 5.69 Å². The third-order valence-electron chi connectivity index (χ3n) is 4.40. The predicted molar refractivity (Wildman–Crippen MR) is 118 cm³/mol. The summed E-state index contributed by atoms with van der Waals surface area (Å²) in [7, 11) is 3.98. The Morgan fingerprint density at radius 2 is 1.90 bits per heavy atom. The van der Waals surface area contributed by atoms with Crippen LogP contribution in [0.3, 0.4) is 0 Å². The van der Waals surface area contributed by atoms with Crippen molar-refractivity contribution < 1.29 is 9.53 Å². The molecule has 0 aliphatic carbocycles. The Morgan fingerprint density at radius 1 is 1.10 bits per heavy atom. The molecule has 0 atom stereocenters. The van der Waals surface area contributed by atoms with Crippen molar-refractivity contribution in [1.29, 1.82) is 0 Å². The van der Waals surface area contributed by atoms with Crippen molar-refractivity contribution in [3.05, 3.63) is 89.8 Å². The van der Waals surface area contributed by atoms with Crippen molar-refractivity contribution in [3.8, 4) is 5.75 Å². The zero-order valence-corrected chi connectivity index (χ0v) is 16.9. The second-order valence-electron chi connectivity index (χ2n) is 6.90. The van der Waals surface area contributed by atoms with E-state index in [0.717, 1.165) is 33.9 Å². The van der Waals surface area contributed by atoms with Gasteiger partial charge in [0.2, 0.25) is 5.91 Å². The molecule has 3 rings (SSSR count). The van der Waals surface area contributed by atoms with Gasteiger partial charge in [-0.05, 0) is 66.6 Å². The van der Waals surface area contributed by atoms with E-state index in [9.17, 15) is 4.79 Å². The molecule has 5 nitrogen and oxygen atoms in total. The standard InChI is InChI=1S/C24H25N3O2/c1-18-16-21(27(2)3)10-13-23(18)26-24(28)14-9-19-7-11-22(12-8-19)29-17-20-6-4-5-15-25-20/h4-16H,17H2,1-3H3,(H,26,28)/b14-9+. The zero-order chi connectivity index (χ0) is 20.6. The predicted octanol–water partition coefficient (Wildman–Crippen LogP) is 4.69. The van der Waals surface area contributed by atoms with Crippen LogP contribution in [0.1, 0.15) is 16.8 Å². The lowest BCUT2D eigenvalue weighted by Crippen LogP contribution is -2.11. The zero-order valence-electron chi connectivity index (χ0n) is 16.9. The molecule has 1 amide bonds. The molecule has 148 valence electrons. The third kappa shape index (κ3) is 5.94. The van der Waals surface area contributed by atoms with Crippen molar-refractivity contribution in [2.45, 2.75) is 13.5 Å². The number of pyridine rings is 1. The maximum Gasteiger partial charge on any atom is 0.248 e. The first-order chi connectivity index (χ1) is 14.0. The largest absolute Gasteiger partial charge is 0.487 e. The number of rotatable bonds is 7. The van der Waals surface area contributed by atoms with Crippen LogP contribution in [0.15, 0.2) is 72.9 Å². The number of aromatic nitrogens is 1. The fourth-order valence-corrected chi connectivity index (χ4v) is 2.73. The van der Waals surface area contributed by atoms with Crippen LogP contribution < -0.4 is 15.0 Å². The van der Waals surface area contributed by atoms with Gasteiger partial charge in [-0.1, -0.05) is 18.2 Å². The minimum atomic E-state index is -0.166. The Labute approximate surface area is 171 Å². The van der Waals surface area contributed by atoms with Crippen LogP contribution in [0, 0.1) is 6.92 Å². The highest BCUT2D eigenvalue weighted by Gasteiger charge is 2.04. The van der Waals surface area contributed by atoms with E-state index in [0.29, 0.717) is 6.61 Å². The van der Waals surface area contributed by atoms with Crippen molar-refractivity contribution in [2.24, 2.45) is 0 Å². The molecule has 0 saturated carbocycles. The van der Waals surface area contributed by atoms with Gasteiger partial charge in [0.15, 0.2) is 0 Å². The second-order valence-corrected chi connectivity index (χ2v) is 6.90. The first-order valence-corrected chi connectivity index (χ1v) is 9.41. The minimum Gasteiger partial charge on any atom is -0.487 e. The summed E-state index contributed by atoms with van der Waals surface area (Å²) < 4.78 is 5.72. The molecule has 2 aromatic carbocycles. The molecule has 5 heteroatoms. The molecule has 0 radical (unpaired) electrons. The Morgan fingerprint density at radius 3 is 2.55 bits per heavy atom. The molecule has 1 N–H and O–H groups in total. The fourth-order valence-electron chi connectivity index (χ4n) is 2.73. The van der Waals surface area contributed by atoms with E-state index in [-0.39, 0.29) is 5.91 Å². The molecule has 0 spiro atoms. The highest BCUT2D eigenvalue weighted by Crippen LogP contribution is 2.21. The maximum atomic E-state index is 12.2. The minimum absolute atomic E-state index is 0.166. The van der Waals surface area contributed by atoms with E-state index in [2.05, 4.69) is 10.3 Å². The summed E-state index contributed by atoms with van der Waals surface area (Å²) in [6.07, 6.45) is 5.06. The molecule has 1 aromatic heterocycles. The highest BCUT2D eigenvalue weighted by atomic mass is 16.5. The van der Waals surface area contributed by atoms with Crippen molar-refractivity contribution in [3.63, 3.8) is 0 Å². The summed E-state index contributed by atoms with van der Waals surface area (Å²) in [5.74, 6) is 0.593. The van der Waals surface area contributed by atoms with Gasteiger partial charge >= 0.3 is 0 Å². The summed E-state index contributed by atoms with van der Waals surface area (Å²) in [5.41, 5.74) is 4.73. The van der Waals surface area contributed by atoms with Gasteiger partial charge in [-0.25, -0.2) is 0 Å². The molecular weight excluding hydrogens is 362 g/mol. The summed E-state index contributed by atoms with van der Waals surface area (Å²) in [4.78, 5) is 18.5. The average Bonchev–Trinajstić information content (AvgIpc) is 2.73. The number of carbonyl (C=O) groups is 1. The number of amides is 1.